The van der Waals surface area contributed by atoms with Gasteiger partial charge in [0.1, 0.15) is 19.4 Å². The Bertz CT molecular complexity index is 1340. The van der Waals surface area contributed by atoms with Gasteiger partial charge in [-0.25, -0.2) is 10.1 Å². The highest BCUT2D eigenvalue weighted by molar-refractivity contribution is 5.88. The van der Waals surface area contributed by atoms with E-state index < -0.39 is 6.09 Å². The zero-order chi connectivity index (χ0) is 24.4. The van der Waals surface area contributed by atoms with Gasteiger partial charge in [-0.05, 0) is 54.2 Å². The molecule has 4 aromatic rings. The molecule has 0 unspecified atom stereocenters. The molecule has 2 N–H and O–H groups in total. The van der Waals surface area contributed by atoms with E-state index in [-0.39, 0.29) is 11.5 Å². The molecule has 0 bridgehead atoms. The van der Waals surface area contributed by atoms with Gasteiger partial charge >= 0.3 is 11.9 Å². The van der Waals surface area contributed by atoms with Gasteiger partial charge < -0.3 is 9.53 Å². The van der Waals surface area contributed by atoms with Crippen molar-refractivity contribution in [3.05, 3.63) is 90.0 Å². The predicted octanol–water partition coefficient (Wildman–Crippen LogP) is 5.11. The number of amides is 1. The molecular formula is C28H27N4O3+. The van der Waals surface area contributed by atoms with Gasteiger partial charge in [-0.1, -0.05) is 71.9 Å². The zero-order valence-electron chi connectivity index (χ0n) is 19.7. The van der Waals surface area contributed by atoms with E-state index in [1.807, 2.05) is 80.7 Å². The van der Waals surface area contributed by atoms with Crippen LogP contribution in [0.3, 0.4) is 0 Å². The highest BCUT2D eigenvalue weighted by Gasteiger charge is 2.44. The van der Waals surface area contributed by atoms with Gasteiger partial charge in [-0.3, -0.25) is 0 Å². The van der Waals surface area contributed by atoms with Crippen LogP contribution in [0.5, 0.6) is 0 Å². The number of carbonyl (C=O) groups excluding carboxylic acids is 2. The lowest BCUT2D eigenvalue weighted by Crippen LogP contribution is -2.32. The largest absolute Gasteiger partial charge is 0.441 e. The molecule has 1 saturated carbocycles. The van der Waals surface area contributed by atoms with Crippen LogP contribution in [0.1, 0.15) is 37.0 Å². The number of carbonyl (C=O) groups is 2. The van der Waals surface area contributed by atoms with Crippen molar-refractivity contribution in [2.45, 2.75) is 31.3 Å². The van der Waals surface area contributed by atoms with Crippen LogP contribution in [0.4, 0.5) is 10.6 Å². The Balaban J connectivity index is 1.30. The number of hydrogen-bond acceptors (Lipinski definition) is 4. The van der Waals surface area contributed by atoms with E-state index >= 15 is 0 Å². The SMILES string of the molecule is C[C@@H](OC(=O)Nc1n[nH][n+](C)c1-c1ccc(-c2ccc(C3(C=O)CC3)cc2)cc1)c1ccccc1. The van der Waals surface area contributed by atoms with Crippen LogP contribution in [0.25, 0.3) is 22.4 Å². The van der Waals surface area contributed by atoms with E-state index in [0.29, 0.717) is 5.82 Å². The summed E-state index contributed by atoms with van der Waals surface area (Å²) < 4.78 is 7.27. The third kappa shape index (κ3) is 4.57. The van der Waals surface area contributed by atoms with Gasteiger partial charge in [0.05, 0.1) is 10.5 Å². The molecule has 1 atom stereocenters. The number of anilines is 1. The first-order valence-electron chi connectivity index (χ1n) is 11.6. The topological polar surface area (TPSA) is 88.0 Å². The smallest absolute Gasteiger partial charge is 0.415 e. The molecule has 1 fully saturated rings. The summed E-state index contributed by atoms with van der Waals surface area (Å²) in [6, 6.07) is 25.8. The maximum Gasteiger partial charge on any atom is 0.415 e. The van der Waals surface area contributed by atoms with Gasteiger partial charge in [-0.15, -0.1) is 0 Å². The lowest BCUT2D eigenvalue weighted by atomic mass is 9.94. The molecule has 7 nitrogen and oxygen atoms in total. The van der Waals surface area contributed by atoms with Gasteiger partial charge in [0.2, 0.25) is 5.69 Å². The molecule has 1 aromatic heterocycles. The van der Waals surface area contributed by atoms with Crippen LogP contribution in [0.2, 0.25) is 0 Å². The van der Waals surface area contributed by atoms with Crippen molar-refractivity contribution < 1.29 is 19.0 Å². The molecular weight excluding hydrogens is 440 g/mol. The minimum absolute atomic E-state index is 0.262. The zero-order valence-corrected chi connectivity index (χ0v) is 19.7. The van der Waals surface area contributed by atoms with E-state index in [1.165, 1.54) is 0 Å². The van der Waals surface area contributed by atoms with Crippen molar-refractivity contribution in [3.8, 4) is 22.4 Å². The Labute approximate surface area is 203 Å². The minimum atomic E-state index is -0.574. The number of ether oxygens (including phenoxy) is 1. The number of aromatic amines is 1. The molecule has 1 aliphatic carbocycles. The lowest BCUT2D eigenvalue weighted by molar-refractivity contribution is -0.720. The summed E-state index contributed by atoms with van der Waals surface area (Å²) in [5.74, 6) is 0.387. The maximum absolute atomic E-state index is 12.5. The van der Waals surface area contributed by atoms with E-state index in [9.17, 15) is 9.59 Å². The van der Waals surface area contributed by atoms with E-state index in [0.717, 1.165) is 52.6 Å². The summed E-state index contributed by atoms with van der Waals surface area (Å²) in [6.07, 6.45) is 1.98. The summed E-state index contributed by atoms with van der Waals surface area (Å²) in [6.45, 7) is 1.83. The van der Waals surface area contributed by atoms with Crippen molar-refractivity contribution in [1.82, 2.24) is 10.3 Å². The summed E-state index contributed by atoms with van der Waals surface area (Å²) in [4.78, 5) is 23.9. The normalized spacial score (nSPS) is 14.7. The molecule has 5 rings (SSSR count). The van der Waals surface area contributed by atoms with Crippen LogP contribution in [-0.4, -0.2) is 22.7 Å². The number of aldehydes is 1. The molecule has 1 aliphatic rings. The van der Waals surface area contributed by atoms with E-state index in [4.69, 9.17) is 4.74 Å². The number of aromatic nitrogens is 3. The van der Waals surface area contributed by atoms with Gasteiger partial charge in [0, 0.05) is 5.56 Å². The van der Waals surface area contributed by atoms with E-state index in [2.05, 4.69) is 27.8 Å². The van der Waals surface area contributed by atoms with E-state index in [1.54, 1.807) is 4.68 Å². The Morgan fingerprint density at radius 3 is 2.20 bits per heavy atom. The molecule has 1 amide bonds. The van der Waals surface area contributed by atoms with Crippen molar-refractivity contribution in [3.63, 3.8) is 0 Å². The number of aryl methyl sites for hydroxylation is 1. The fraction of sp³-hybridized carbons (Fsp3) is 0.214. The Morgan fingerprint density at radius 2 is 1.60 bits per heavy atom. The first kappa shape index (κ1) is 22.5. The lowest BCUT2D eigenvalue weighted by Gasteiger charge is -2.13. The van der Waals surface area contributed by atoms with Crippen LogP contribution < -0.4 is 10.00 Å². The van der Waals surface area contributed by atoms with Crippen molar-refractivity contribution >= 4 is 18.2 Å². The first-order valence-corrected chi connectivity index (χ1v) is 11.6. The summed E-state index contributed by atoms with van der Waals surface area (Å²) in [7, 11) is 1.83. The third-order valence-electron chi connectivity index (χ3n) is 6.61. The molecule has 3 aromatic carbocycles. The molecule has 7 heteroatoms. The second-order valence-electron chi connectivity index (χ2n) is 8.98. The average molecular weight is 468 g/mol. The number of nitrogens with zero attached hydrogens (tertiary/aromatic N) is 2. The molecule has 176 valence electrons. The molecule has 0 spiro atoms. The Kier molecular flexibility index (Phi) is 5.91. The highest BCUT2D eigenvalue weighted by atomic mass is 16.6. The number of rotatable bonds is 7. The van der Waals surface area contributed by atoms with Crippen LogP contribution in [-0.2, 0) is 22.0 Å². The molecule has 0 saturated heterocycles. The van der Waals surface area contributed by atoms with Crippen LogP contribution in [0, 0.1) is 0 Å². The van der Waals surface area contributed by atoms with Crippen LogP contribution in [0.15, 0.2) is 78.9 Å². The summed E-state index contributed by atoms with van der Waals surface area (Å²) in [5.41, 5.74) is 5.51. The minimum Gasteiger partial charge on any atom is -0.441 e. The second-order valence-corrected chi connectivity index (χ2v) is 8.98. The molecule has 35 heavy (non-hydrogen) atoms. The van der Waals surface area contributed by atoms with Gasteiger partial charge in [-0.2, -0.15) is 4.68 Å². The summed E-state index contributed by atoms with van der Waals surface area (Å²) in [5, 5.41) is 9.86. The van der Waals surface area contributed by atoms with Gasteiger partial charge in [0.25, 0.3) is 0 Å². The second kappa shape index (κ2) is 9.18. The molecule has 1 heterocycles. The number of H-pyrrole nitrogens is 1. The fourth-order valence-electron chi connectivity index (χ4n) is 4.31. The summed E-state index contributed by atoms with van der Waals surface area (Å²) >= 11 is 0. The van der Waals surface area contributed by atoms with Crippen LogP contribution >= 0.6 is 0 Å². The number of benzene rings is 3. The maximum atomic E-state index is 12.5. The number of hydrogen-bond donors (Lipinski definition) is 2. The predicted molar refractivity (Wildman–Crippen MR) is 133 cm³/mol. The third-order valence-corrected chi connectivity index (χ3v) is 6.61. The Hall–Kier alpha value is -4.26. The highest BCUT2D eigenvalue weighted by Crippen LogP contribution is 2.46. The monoisotopic (exact) mass is 467 g/mol. The van der Waals surface area contributed by atoms with Gasteiger partial charge in [0.15, 0.2) is 0 Å². The Morgan fingerprint density at radius 1 is 1.00 bits per heavy atom. The van der Waals surface area contributed by atoms with Crippen molar-refractivity contribution in [1.29, 1.82) is 0 Å². The molecule has 0 aliphatic heterocycles. The first-order chi connectivity index (χ1) is 17.0. The fourth-order valence-corrected chi connectivity index (χ4v) is 4.31. The molecule has 0 radical (unpaired) electrons. The van der Waals surface area contributed by atoms with Crippen molar-refractivity contribution in [2.75, 3.05) is 5.32 Å². The van der Waals surface area contributed by atoms with Crippen molar-refractivity contribution in [2.24, 2.45) is 7.05 Å². The quantitative estimate of drug-likeness (QED) is 0.292. The average Bonchev–Trinajstić information content (AvgIpc) is 3.62. The standard InChI is InChI=1S/C28H26N4O3/c1-19(20-6-4-3-5-7-20)35-27(34)29-26-25(32(2)31-30-26)23-10-8-21(9-11-23)22-12-14-24(15-13-22)28(18-33)16-17-28/h3-15,18-19H,16-17H2,1-2H3,(H,29,34)/p+1/t19-/m1/s1. The number of nitrogens with one attached hydrogen (secondary N) is 2.